The maximum Gasteiger partial charge on any atom is 0.136 e. The average molecular weight is 597 g/mol. The summed E-state index contributed by atoms with van der Waals surface area (Å²) < 4.78 is 6.42. The normalized spacial score (nSPS) is 12.0. The van der Waals surface area contributed by atoms with Gasteiger partial charge in [-0.25, -0.2) is 0 Å². The van der Waals surface area contributed by atoms with Crippen LogP contribution in [0.25, 0.3) is 87.6 Å². The van der Waals surface area contributed by atoms with Crippen molar-refractivity contribution in [2.24, 2.45) is 0 Å². The first-order valence-electron chi connectivity index (χ1n) is 15.7. The third kappa shape index (κ3) is 3.89. The zero-order valence-electron chi connectivity index (χ0n) is 25.2. The minimum Gasteiger partial charge on any atom is -0.456 e. The summed E-state index contributed by atoms with van der Waals surface area (Å²) in [6, 6.07) is 49.7. The molecule has 0 saturated carbocycles. The quantitative estimate of drug-likeness (QED) is 0.191. The van der Waals surface area contributed by atoms with Crippen LogP contribution in [0.15, 0.2) is 146 Å². The number of nitrogens with zero attached hydrogens (tertiary/aromatic N) is 2. The van der Waals surface area contributed by atoms with E-state index in [1.807, 2.05) is 42.7 Å². The fourth-order valence-electron chi connectivity index (χ4n) is 7.47. The van der Waals surface area contributed by atoms with E-state index >= 15 is 0 Å². The summed E-state index contributed by atoms with van der Waals surface area (Å²) in [5, 5.41) is 19.2. The first-order chi connectivity index (χ1) is 23.2. The number of benzene rings is 8. The molecule has 8 aromatic carbocycles. The van der Waals surface area contributed by atoms with Gasteiger partial charge in [-0.05, 0) is 120 Å². The highest BCUT2D eigenvalue weighted by Gasteiger charge is 2.22. The highest BCUT2D eigenvalue weighted by atomic mass is 16.5. The molecule has 0 N–H and O–H groups in total. The van der Waals surface area contributed by atoms with Gasteiger partial charge in [-0.15, -0.1) is 0 Å². The first-order valence-corrected chi connectivity index (χ1v) is 15.7. The molecule has 1 aliphatic heterocycles. The van der Waals surface area contributed by atoms with E-state index in [0.29, 0.717) is 5.56 Å². The predicted molar refractivity (Wildman–Crippen MR) is 192 cm³/mol. The highest BCUT2D eigenvalue weighted by molar-refractivity contribution is 6.24. The number of hydrogen-bond acceptors (Lipinski definition) is 3. The lowest BCUT2D eigenvalue weighted by atomic mass is 9.89. The van der Waals surface area contributed by atoms with Gasteiger partial charge in [0.1, 0.15) is 11.5 Å². The summed E-state index contributed by atoms with van der Waals surface area (Å²) in [5.41, 5.74) is 9.73. The van der Waals surface area contributed by atoms with Gasteiger partial charge in [-0.3, -0.25) is 4.98 Å². The van der Waals surface area contributed by atoms with Gasteiger partial charge in [-0.1, -0.05) is 78.9 Å². The van der Waals surface area contributed by atoms with Crippen LogP contribution in [0.1, 0.15) is 5.56 Å². The monoisotopic (exact) mass is 596 g/mol. The van der Waals surface area contributed by atoms with Crippen molar-refractivity contribution in [3.05, 3.63) is 151 Å². The van der Waals surface area contributed by atoms with E-state index in [2.05, 4.69) is 114 Å². The molecule has 47 heavy (non-hydrogen) atoms. The van der Waals surface area contributed by atoms with Crippen LogP contribution in [0.4, 0.5) is 0 Å². The molecule has 0 radical (unpaired) electrons. The average Bonchev–Trinajstić information content (AvgIpc) is 3.14. The Kier molecular flexibility index (Phi) is 5.35. The molecule has 1 aromatic heterocycles. The Labute approximate surface area is 270 Å². The summed E-state index contributed by atoms with van der Waals surface area (Å²) >= 11 is 0. The molecule has 0 atom stereocenters. The van der Waals surface area contributed by atoms with Crippen molar-refractivity contribution in [3.63, 3.8) is 0 Å². The zero-order valence-corrected chi connectivity index (χ0v) is 25.2. The lowest BCUT2D eigenvalue weighted by molar-refractivity contribution is 0.487. The molecular formula is C44H24N2O. The van der Waals surface area contributed by atoms with E-state index < -0.39 is 0 Å². The second-order valence-electron chi connectivity index (χ2n) is 12.3. The van der Waals surface area contributed by atoms with E-state index in [0.717, 1.165) is 50.1 Å². The van der Waals surface area contributed by atoms with Gasteiger partial charge in [0.15, 0.2) is 0 Å². The van der Waals surface area contributed by atoms with Crippen LogP contribution in [0.2, 0.25) is 0 Å². The first kappa shape index (κ1) is 25.8. The maximum atomic E-state index is 9.62. The molecule has 0 fully saturated rings. The Balaban J connectivity index is 1.01. The lowest BCUT2D eigenvalue weighted by Gasteiger charge is -2.22. The van der Waals surface area contributed by atoms with Crippen molar-refractivity contribution in [3.8, 4) is 62.1 Å². The number of nitriles is 1. The molecule has 0 aliphatic carbocycles. The fraction of sp³-hybridized carbons (Fsp3) is 0. The molecule has 9 aromatic rings. The molecule has 0 spiro atoms. The minimum absolute atomic E-state index is 0.662. The van der Waals surface area contributed by atoms with Gasteiger partial charge in [-0.2, -0.15) is 5.26 Å². The topological polar surface area (TPSA) is 45.9 Å². The van der Waals surface area contributed by atoms with Gasteiger partial charge >= 0.3 is 0 Å². The van der Waals surface area contributed by atoms with Gasteiger partial charge in [0, 0.05) is 34.3 Å². The second-order valence-corrected chi connectivity index (χ2v) is 12.3. The summed E-state index contributed by atoms with van der Waals surface area (Å²) in [4.78, 5) is 4.32. The molecule has 0 bridgehead atoms. The molecule has 0 unspecified atom stereocenters. The number of ether oxygens (including phenoxy) is 1. The molecule has 10 rings (SSSR count). The third-order valence-electron chi connectivity index (χ3n) is 9.69. The summed E-state index contributed by atoms with van der Waals surface area (Å²) in [6.45, 7) is 0. The summed E-state index contributed by atoms with van der Waals surface area (Å²) in [5.74, 6) is 1.62. The maximum absolute atomic E-state index is 9.62. The van der Waals surface area contributed by atoms with Gasteiger partial charge in [0.05, 0.1) is 11.6 Å². The SMILES string of the molecule is N#Cc1ccc2c3c(cccc13)-c1ccc(-c3ccc(-c4cc5ccc6cc(-c7cccnc7)cc7ccc(c4)c5c67)cc3)cc1O2. The molecule has 216 valence electrons. The van der Waals surface area contributed by atoms with Gasteiger partial charge < -0.3 is 4.74 Å². The van der Waals surface area contributed by atoms with Crippen molar-refractivity contribution in [1.29, 1.82) is 5.26 Å². The van der Waals surface area contributed by atoms with Crippen LogP contribution < -0.4 is 4.74 Å². The van der Waals surface area contributed by atoms with Crippen molar-refractivity contribution >= 4 is 43.1 Å². The molecule has 1 aliphatic rings. The van der Waals surface area contributed by atoms with E-state index in [9.17, 15) is 5.26 Å². The Morgan fingerprint density at radius 2 is 1.11 bits per heavy atom. The molecule has 3 heteroatoms. The highest BCUT2D eigenvalue weighted by Crippen LogP contribution is 2.48. The molecule has 3 nitrogen and oxygen atoms in total. The smallest absolute Gasteiger partial charge is 0.136 e. The van der Waals surface area contributed by atoms with Crippen molar-refractivity contribution in [2.45, 2.75) is 0 Å². The van der Waals surface area contributed by atoms with Crippen LogP contribution in [-0.4, -0.2) is 4.98 Å². The molecular weight excluding hydrogens is 572 g/mol. The van der Waals surface area contributed by atoms with Crippen LogP contribution in [0.5, 0.6) is 11.5 Å². The van der Waals surface area contributed by atoms with E-state index in [-0.39, 0.29) is 0 Å². The standard InChI is InChI=1S/C44H24N2O/c45-24-33-15-17-40-44-37(33)4-1-5-39(44)38-16-14-28(23-41(38)47-40)26-6-8-27(9-7-26)35-19-29-10-12-31-21-36(34-3-2-18-46-25-34)22-32-13-11-30(20-35)42(29)43(31)32/h1-23,25H. The van der Waals surface area contributed by atoms with E-state index in [1.165, 1.54) is 49.0 Å². The van der Waals surface area contributed by atoms with Gasteiger partial charge in [0.2, 0.25) is 0 Å². The number of pyridine rings is 1. The van der Waals surface area contributed by atoms with Crippen molar-refractivity contribution < 1.29 is 4.74 Å². The van der Waals surface area contributed by atoms with E-state index in [1.54, 1.807) is 0 Å². The minimum atomic E-state index is 0.662. The summed E-state index contributed by atoms with van der Waals surface area (Å²) in [6.07, 6.45) is 3.74. The Hall–Kier alpha value is -6.50. The van der Waals surface area contributed by atoms with Crippen molar-refractivity contribution in [2.75, 3.05) is 0 Å². The number of rotatable bonds is 3. The third-order valence-corrected chi connectivity index (χ3v) is 9.69. The fourth-order valence-corrected chi connectivity index (χ4v) is 7.47. The molecule has 0 saturated heterocycles. The second kappa shape index (κ2) is 9.75. The van der Waals surface area contributed by atoms with Crippen LogP contribution in [0, 0.1) is 11.3 Å². The Morgan fingerprint density at radius 1 is 0.468 bits per heavy atom. The summed E-state index contributed by atoms with van der Waals surface area (Å²) in [7, 11) is 0. The number of aromatic nitrogens is 1. The largest absolute Gasteiger partial charge is 0.456 e. The van der Waals surface area contributed by atoms with Crippen molar-refractivity contribution in [1.82, 2.24) is 4.98 Å². The van der Waals surface area contributed by atoms with Crippen LogP contribution in [-0.2, 0) is 0 Å². The molecule has 0 amide bonds. The number of fused-ring (bicyclic) bond motifs is 2. The van der Waals surface area contributed by atoms with Gasteiger partial charge in [0.25, 0.3) is 0 Å². The van der Waals surface area contributed by atoms with E-state index in [4.69, 9.17) is 4.74 Å². The van der Waals surface area contributed by atoms with Crippen LogP contribution >= 0.6 is 0 Å². The lowest BCUT2D eigenvalue weighted by Crippen LogP contribution is -1.98. The molecule has 2 heterocycles. The zero-order chi connectivity index (χ0) is 31.1. The number of hydrogen-bond donors (Lipinski definition) is 0. The predicted octanol–water partition coefficient (Wildman–Crippen LogP) is 11.8. The Morgan fingerprint density at radius 3 is 1.74 bits per heavy atom. The van der Waals surface area contributed by atoms with Crippen LogP contribution in [0.3, 0.4) is 0 Å². The Bertz CT molecular complexity index is 2690.